The Kier molecular flexibility index (Phi) is 7.40. The van der Waals surface area contributed by atoms with E-state index in [0.717, 1.165) is 39.1 Å². The summed E-state index contributed by atoms with van der Waals surface area (Å²) in [6.45, 7) is 0. The highest BCUT2D eigenvalue weighted by molar-refractivity contribution is 6.24. The van der Waals surface area contributed by atoms with Crippen LogP contribution < -0.4 is 0 Å². The summed E-state index contributed by atoms with van der Waals surface area (Å²) in [5, 5.41) is 4.82. The van der Waals surface area contributed by atoms with Crippen LogP contribution in [0.25, 0.3) is 94.8 Å². The number of fused-ring (bicyclic) bond motifs is 5. The van der Waals surface area contributed by atoms with Gasteiger partial charge in [-0.05, 0) is 57.3 Å². The van der Waals surface area contributed by atoms with Crippen molar-refractivity contribution in [3.05, 3.63) is 188 Å². The average molecular weight is 678 g/mol. The average Bonchev–Trinajstić information content (AvgIpc) is 3.58. The summed E-state index contributed by atoms with van der Waals surface area (Å²) in [6.07, 6.45) is 1.88. The van der Waals surface area contributed by atoms with E-state index in [1.165, 1.54) is 38.2 Å². The zero-order chi connectivity index (χ0) is 35.1. The predicted octanol–water partition coefficient (Wildman–Crippen LogP) is 11.9. The van der Waals surface area contributed by atoms with E-state index in [1.54, 1.807) is 0 Å². The Balaban J connectivity index is 1.20. The first-order valence-corrected chi connectivity index (χ1v) is 17.7. The van der Waals surface area contributed by atoms with Crippen molar-refractivity contribution in [2.24, 2.45) is 0 Å². The number of hydrogen-bond donors (Lipinski definition) is 0. The molecule has 0 saturated carbocycles. The van der Waals surface area contributed by atoms with Gasteiger partial charge in [0.15, 0.2) is 17.5 Å². The third-order valence-corrected chi connectivity index (χ3v) is 9.90. The van der Waals surface area contributed by atoms with Crippen LogP contribution in [0.2, 0.25) is 0 Å². The minimum Gasteiger partial charge on any atom is -0.294 e. The van der Waals surface area contributed by atoms with Gasteiger partial charge >= 0.3 is 0 Å². The molecule has 3 heterocycles. The Morgan fingerprint density at radius 1 is 0.340 bits per heavy atom. The first kappa shape index (κ1) is 30.6. The minimum absolute atomic E-state index is 0.572. The second kappa shape index (κ2) is 12.8. The molecule has 0 aliphatic heterocycles. The highest BCUT2D eigenvalue weighted by atomic mass is 15.1. The number of benzene rings is 7. The summed E-state index contributed by atoms with van der Waals surface area (Å²) >= 11 is 0. The van der Waals surface area contributed by atoms with Crippen molar-refractivity contribution >= 4 is 32.6 Å². The van der Waals surface area contributed by atoms with Gasteiger partial charge in [0.1, 0.15) is 5.82 Å². The summed E-state index contributed by atoms with van der Waals surface area (Å²) in [6, 6.07) is 63.2. The van der Waals surface area contributed by atoms with Crippen LogP contribution in [-0.4, -0.2) is 24.5 Å². The van der Waals surface area contributed by atoms with Gasteiger partial charge in [0, 0.05) is 33.7 Å². The molecule has 10 aromatic rings. The van der Waals surface area contributed by atoms with Gasteiger partial charge in [-0.3, -0.25) is 4.57 Å². The third kappa shape index (κ3) is 5.43. The van der Waals surface area contributed by atoms with Crippen molar-refractivity contribution in [1.29, 1.82) is 0 Å². The fourth-order valence-electron chi connectivity index (χ4n) is 7.38. The van der Waals surface area contributed by atoms with Gasteiger partial charge in [-0.25, -0.2) is 19.9 Å². The molecule has 0 unspecified atom stereocenters. The molecular weight excluding hydrogens is 647 g/mol. The van der Waals surface area contributed by atoms with Gasteiger partial charge in [0.25, 0.3) is 0 Å². The van der Waals surface area contributed by atoms with Crippen LogP contribution in [0.4, 0.5) is 0 Å². The Bertz CT molecular complexity index is 2850. The Hall–Kier alpha value is -7.24. The molecule has 5 nitrogen and oxygen atoms in total. The van der Waals surface area contributed by atoms with E-state index in [2.05, 4.69) is 126 Å². The normalized spacial score (nSPS) is 11.4. The number of pyridine rings is 1. The molecule has 3 aromatic heterocycles. The maximum Gasteiger partial charge on any atom is 0.165 e. The van der Waals surface area contributed by atoms with Crippen LogP contribution in [0.5, 0.6) is 0 Å². The van der Waals surface area contributed by atoms with Crippen molar-refractivity contribution in [2.75, 3.05) is 0 Å². The van der Waals surface area contributed by atoms with Crippen LogP contribution in [0.15, 0.2) is 188 Å². The third-order valence-electron chi connectivity index (χ3n) is 9.90. The summed E-state index contributed by atoms with van der Waals surface area (Å²) in [7, 11) is 0. The summed E-state index contributed by atoms with van der Waals surface area (Å²) in [5.74, 6) is 2.63. The van der Waals surface area contributed by atoms with Crippen LogP contribution in [0.3, 0.4) is 0 Å². The number of hydrogen-bond acceptors (Lipinski definition) is 4. The molecular formula is C48H31N5. The van der Waals surface area contributed by atoms with Crippen LogP contribution in [0.1, 0.15) is 0 Å². The van der Waals surface area contributed by atoms with E-state index in [-0.39, 0.29) is 0 Å². The highest BCUT2D eigenvalue weighted by Gasteiger charge is 2.20. The molecule has 0 radical (unpaired) electrons. The van der Waals surface area contributed by atoms with Gasteiger partial charge in [0.05, 0.1) is 11.0 Å². The van der Waals surface area contributed by atoms with Gasteiger partial charge < -0.3 is 0 Å². The maximum atomic E-state index is 5.15. The molecule has 7 aromatic carbocycles. The molecule has 0 saturated heterocycles. The monoisotopic (exact) mass is 677 g/mol. The van der Waals surface area contributed by atoms with Gasteiger partial charge in [0.2, 0.25) is 0 Å². The summed E-state index contributed by atoms with van der Waals surface area (Å²) in [4.78, 5) is 19.9. The van der Waals surface area contributed by atoms with Gasteiger partial charge in [-0.1, -0.05) is 158 Å². The van der Waals surface area contributed by atoms with Crippen LogP contribution in [-0.2, 0) is 0 Å². The Morgan fingerprint density at radius 2 is 0.849 bits per heavy atom. The lowest BCUT2D eigenvalue weighted by Crippen LogP contribution is -2.02. The fourth-order valence-corrected chi connectivity index (χ4v) is 7.38. The largest absolute Gasteiger partial charge is 0.294 e. The lowest BCUT2D eigenvalue weighted by molar-refractivity contribution is 1.05. The van der Waals surface area contributed by atoms with Crippen molar-refractivity contribution in [3.63, 3.8) is 0 Å². The summed E-state index contributed by atoms with van der Waals surface area (Å²) in [5.41, 5.74) is 9.54. The number of aromatic nitrogens is 5. The predicted molar refractivity (Wildman–Crippen MR) is 217 cm³/mol. The van der Waals surface area contributed by atoms with Crippen LogP contribution in [0, 0.1) is 0 Å². The van der Waals surface area contributed by atoms with E-state index in [4.69, 9.17) is 19.9 Å². The number of nitrogens with zero attached hydrogens (tertiary/aromatic N) is 5. The quantitative estimate of drug-likeness (QED) is 0.176. The zero-order valence-electron chi connectivity index (χ0n) is 28.6. The molecule has 0 aliphatic carbocycles. The second-order valence-electron chi connectivity index (χ2n) is 13.1. The molecule has 53 heavy (non-hydrogen) atoms. The van der Waals surface area contributed by atoms with Gasteiger partial charge in [-0.2, -0.15) is 0 Å². The molecule has 0 atom stereocenters. The lowest BCUT2D eigenvalue weighted by Gasteiger charge is -2.12. The topological polar surface area (TPSA) is 56.5 Å². The minimum atomic E-state index is 0.572. The standard InChI is InChI=1S/C48H31N5/c1-5-15-32(16-6-1)36-25-27-40-42(29-36)53(43-30-41(33-17-7-2-8-18-33)38-23-13-14-24-39(38)45(40)43)44-28-26-37(31-49-44)48-51-46(34-19-9-3-10-20-34)50-47(52-48)35-21-11-4-12-22-35/h1-31H. The van der Waals surface area contributed by atoms with Crippen molar-refractivity contribution in [2.45, 2.75) is 0 Å². The Morgan fingerprint density at radius 3 is 1.43 bits per heavy atom. The molecule has 0 aliphatic rings. The fraction of sp³-hybridized carbons (Fsp3) is 0. The van der Waals surface area contributed by atoms with Crippen molar-refractivity contribution in [1.82, 2.24) is 24.5 Å². The van der Waals surface area contributed by atoms with Crippen molar-refractivity contribution < 1.29 is 0 Å². The molecule has 0 fully saturated rings. The van der Waals surface area contributed by atoms with E-state index < -0.39 is 0 Å². The lowest BCUT2D eigenvalue weighted by atomic mass is 9.94. The molecule has 0 amide bonds. The maximum absolute atomic E-state index is 5.15. The zero-order valence-corrected chi connectivity index (χ0v) is 28.6. The Labute approximate surface area is 306 Å². The molecule has 248 valence electrons. The number of rotatable bonds is 6. The van der Waals surface area contributed by atoms with E-state index in [1.807, 2.05) is 66.9 Å². The smallest absolute Gasteiger partial charge is 0.165 e. The van der Waals surface area contributed by atoms with E-state index >= 15 is 0 Å². The molecule has 0 bridgehead atoms. The highest BCUT2D eigenvalue weighted by Crippen LogP contribution is 2.42. The molecule has 0 spiro atoms. The van der Waals surface area contributed by atoms with Crippen LogP contribution >= 0.6 is 0 Å². The first-order chi connectivity index (χ1) is 26.3. The van der Waals surface area contributed by atoms with Gasteiger partial charge in [-0.15, -0.1) is 0 Å². The summed E-state index contributed by atoms with van der Waals surface area (Å²) < 4.78 is 2.30. The molecule has 5 heteroatoms. The van der Waals surface area contributed by atoms with E-state index in [9.17, 15) is 0 Å². The van der Waals surface area contributed by atoms with Crippen molar-refractivity contribution in [3.8, 4) is 62.2 Å². The van der Waals surface area contributed by atoms with E-state index in [0.29, 0.717) is 17.5 Å². The SMILES string of the molecule is c1ccc(-c2ccc3c4c5ccccc5c(-c5ccccc5)cc4n(-c4ccc(-c5nc(-c6ccccc6)nc(-c6ccccc6)n5)cn4)c3c2)cc1. The molecule has 0 N–H and O–H groups in total. The second-order valence-corrected chi connectivity index (χ2v) is 13.1. The first-order valence-electron chi connectivity index (χ1n) is 17.7. The molecule has 10 rings (SSSR count).